The molecule has 0 saturated heterocycles. The van der Waals surface area contributed by atoms with Gasteiger partial charge in [-0.25, -0.2) is 4.98 Å². The first-order valence-electron chi connectivity index (χ1n) is 3.42. The Balaban J connectivity index is 2.55. The van der Waals surface area contributed by atoms with Gasteiger partial charge >= 0.3 is 0 Å². The molecule has 5 nitrogen and oxygen atoms in total. The predicted molar refractivity (Wildman–Crippen MR) is 40.8 cm³/mol. The van der Waals surface area contributed by atoms with E-state index in [4.69, 9.17) is 0 Å². The summed E-state index contributed by atoms with van der Waals surface area (Å²) in [7, 11) is 0. The summed E-state index contributed by atoms with van der Waals surface area (Å²) >= 11 is 0. The van der Waals surface area contributed by atoms with Gasteiger partial charge in [0.25, 0.3) is 5.69 Å². The zero-order chi connectivity index (χ0) is 8.39. The third kappa shape index (κ3) is 1.01. The number of rotatable bonds is 1. The number of hydrogen-bond acceptors (Lipinski definition) is 3. The lowest BCUT2D eigenvalue weighted by molar-refractivity contribution is -0.594. The second-order valence-electron chi connectivity index (χ2n) is 2.23. The van der Waals surface area contributed by atoms with Gasteiger partial charge < -0.3 is 5.21 Å². The first-order chi connectivity index (χ1) is 5.88. The Morgan fingerprint density at radius 3 is 3.00 bits per heavy atom. The second-order valence-corrected chi connectivity index (χ2v) is 2.23. The molecule has 0 aliphatic heterocycles. The molecule has 0 fully saturated rings. The first-order valence-corrected chi connectivity index (χ1v) is 3.42. The molecule has 2 heterocycles. The zero-order valence-electron chi connectivity index (χ0n) is 6.14. The number of aromatic amines is 1. The number of hydrogen-bond donors (Lipinski definition) is 1. The highest BCUT2D eigenvalue weighted by Gasteiger charge is 2.09. The summed E-state index contributed by atoms with van der Waals surface area (Å²) in [6, 6.07) is 5.08. The van der Waals surface area contributed by atoms with Crippen LogP contribution in [-0.2, 0) is 0 Å². The molecule has 60 valence electrons. The molecule has 12 heavy (non-hydrogen) atoms. The standard InChI is InChI=1S/C7H6N4O/c12-11-4-2-1-3-6(11)7-8-5-9-10-7/h1-5H,(H,8,9,10). The molecular weight excluding hydrogens is 156 g/mol. The molecule has 1 N–H and O–H groups in total. The quantitative estimate of drug-likeness (QED) is 0.477. The molecule has 2 rings (SSSR count). The van der Waals surface area contributed by atoms with E-state index in [2.05, 4.69) is 15.2 Å². The minimum Gasteiger partial charge on any atom is -0.618 e. The first kappa shape index (κ1) is 6.78. The molecule has 0 unspecified atom stereocenters. The fourth-order valence-electron chi connectivity index (χ4n) is 0.934. The van der Waals surface area contributed by atoms with Crippen LogP contribution < -0.4 is 4.73 Å². The van der Waals surface area contributed by atoms with Crippen LogP contribution in [0.3, 0.4) is 0 Å². The highest BCUT2D eigenvalue weighted by Crippen LogP contribution is 2.05. The Kier molecular flexibility index (Phi) is 1.48. The van der Waals surface area contributed by atoms with Crippen LogP contribution >= 0.6 is 0 Å². The number of H-pyrrole nitrogens is 1. The van der Waals surface area contributed by atoms with Crippen molar-refractivity contribution in [3.8, 4) is 11.5 Å². The number of aromatic nitrogens is 4. The predicted octanol–water partition coefficient (Wildman–Crippen LogP) is 0.105. The minimum absolute atomic E-state index is 0.408. The van der Waals surface area contributed by atoms with Crippen LogP contribution in [0.15, 0.2) is 30.7 Å². The van der Waals surface area contributed by atoms with Gasteiger partial charge in [0.05, 0.1) is 0 Å². The molecule has 0 atom stereocenters. The normalized spacial score (nSPS) is 10.0. The molecule has 2 aromatic rings. The van der Waals surface area contributed by atoms with Crippen molar-refractivity contribution in [2.24, 2.45) is 0 Å². The SMILES string of the molecule is [O-][n+]1ccccc1-c1nc[nH]n1. The number of nitrogens with zero attached hydrogens (tertiary/aromatic N) is 3. The average Bonchev–Trinajstić information content (AvgIpc) is 2.57. The highest BCUT2D eigenvalue weighted by molar-refractivity contribution is 5.42. The van der Waals surface area contributed by atoms with Gasteiger partial charge in [-0.1, -0.05) is 0 Å². The lowest BCUT2D eigenvalue weighted by atomic mass is 10.3. The molecular formula is C7H6N4O. The van der Waals surface area contributed by atoms with E-state index in [0.717, 1.165) is 4.73 Å². The molecule has 0 radical (unpaired) electrons. The van der Waals surface area contributed by atoms with Crippen LogP contribution in [0.5, 0.6) is 0 Å². The van der Waals surface area contributed by atoms with Gasteiger partial charge in [0.2, 0.25) is 5.82 Å². The lowest BCUT2D eigenvalue weighted by Crippen LogP contribution is -2.28. The largest absolute Gasteiger partial charge is 0.618 e. The lowest BCUT2D eigenvalue weighted by Gasteiger charge is -1.97. The highest BCUT2D eigenvalue weighted by atomic mass is 16.5. The van der Waals surface area contributed by atoms with Gasteiger partial charge in [-0.05, 0) is 6.07 Å². The Morgan fingerprint density at radius 2 is 2.33 bits per heavy atom. The van der Waals surface area contributed by atoms with Crippen molar-refractivity contribution in [2.45, 2.75) is 0 Å². The van der Waals surface area contributed by atoms with E-state index >= 15 is 0 Å². The van der Waals surface area contributed by atoms with Gasteiger partial charge in [0.15, 0.2) is 6.20 Å². The molecule has 0 aromatic carbocycles. The molecule has 0 bridgehead atoms. The van der Waals surface area contributed by atoms with E-state index < -0.39 is 0 Å². The average molecular weight is 162 g/mol. The van der Waals surface area contributed by atoms with E-state index in [-0.39, 0.29) is 0 Å². The van der Waals surface area contributed by atoms with E-state index in [1.54, 1.807) is 18.2 Å². The summed E-state index contributed by atoms with van der Waals surface area (Å²) in [5.74, 6) is 0.408. The number of pyridine rings is 1. The van der Waals surface area contributed by atoms with E-state index in [1.165, 1.54) is 12.5 Å². The van der Waals surface area contributed by atoms with Gasteiger partial charge in [0, 0.05) is 12.1 Å². The maximum absolute atomic E-state index is 11.1. The van der Waals surface area contributed by atoms with Crippen molar-refractivity contribution in [1.82, 2.24) is 15.2 Å². The van der Waals surface area contributed by atoms with E-state index in [0.29, 0.717) is 11.5 Å². The molecule has 0 aliphatic rings. The third-order valence-electron chi connectivity index (χ3n) is 1.47. The summed E-state index contributed by atoms with van der Waals surface area (Å²) < 4.78 is 0.725. The maximum atomic E-state index is 11.1. The van der Waals surface area contributed by atoms with Crippen LogP contribution in [-0.4, -0.2) is 15.2 Å². The topological polar surface area (TPSA) is 68.5 Å². The minimum atomic E-state index is 0.408. The monoisotopic (exact) mass is 162 g/mol. The van der Waals surface area contributed by atoms with Crippen molar-refractivity contribution in [3.63, 3.8) is 0 Å². The van der Waals surface area contributed by atoms with Crippen LogP contribution in [0.4, 0.5) is 0 Å². The zero-order valence-corrected chi connectivity index (χ0v) is 6.14. The van der Waals surface area contributed by atoms with Gasteiger partial charge in [0.1, 0.15) is 6.33 Å². The Labute approximate surface area is 68.3 Å². The molecule has 0 aliphatic carbocycles. The van der Waals surface area contributed by atoms with Crippen LogP contribution in [0, 0.1) is 5.21 Å². The summed E-state index contributed by atoms with van der Waals surface area (Å²) in [5, 5.41) is 17.5. The smallest absolute Gasteiger partial charge is 0.263 e. The van der Waals surface area contributed by atoms with Crippen molar-refractivity contribution in [2.75, 3.05) is 0 Å². The van der Waals surface area contributed by atoms with Crippen molar-refractivity contribution >= 4 is 0 Å². The summed E-state index contributed by atoms with van der Waals surface area (Å²) in [5.41, 5.74) is 0.443. The summed E-state index contributed by atoms with van der Waals surface area (Å²) in [6.07, 6.45) is 2.84. The molecule has 0 spiro atoms. The van der Waals surface area contributed by atoms with Crippen molar-refractivity contribution < 1.29 is 4.73 Å². The molecule has 5 heteroatoms. The van der Waals surface area contributed by atoms with Gasteiger partial charge in [-0.15, -0.1) is 5.10 Å². The van der Waals surface area contributed by atoms with E-state index in [9.17, 15) is 5.21 Å². The fraction of sp³-hybridized carbons (Fsp3) is 0. The fourth-order valence-corrected chi connectivity index (χ4v) is 0.934. The maximum Gasteiger partial charge on any atom is 0.263 e. The van der Waals surface area contributed by atoms with Crippen LogP contribution in [0.2, 0.25) is 0 Å². The second kappa shape index (κ2) is 2.61. The van der Waals surface area contributed by atoms with E-state index in [1.807, 2.05) is 0 Å². The third-order valence-corrected chi connectivity index (χ3v) is 1.47. The Bertz CT molecular complexity index is 371. The van der Waals surface area contributed by atoms with Crippen LogP contribution in [0.1, 0.15) is 0 Å². The van der Waals surface area contributed by atoms with Gasteiger partial charge in [-0.2, -0.15) is 4.73 Å². The Hall–Kier alpha value is -1.91. The van der Waals surface area contributed by atoms with Crippen molar-refractivity contribution in [3.05, 3.63) is 35.9 Å². The summed E-state index contributed by atoms with van der Waals surface area (Å²) in [6.45, 7) is 0. The number of nitrogens with one attached hydrogen (secondary N) is 1. The molecule has 2 aromatic heterocycles. The summed E-state index contributed by atoms with van der Waals surface area (Å²) in [4.78, 5) is 3.86. The Morgan fingerprint density at radius 1 is 1.42 bits per heavy atom. The van der Waals surface area contributed by atoms with Gasteiger partial charge in [-0.3, -0.25) is 5.10 Å². The molecule has 0 saturated carbocycles. The molecule has 0 amide bonds. The van der Waals surface area contributed by atoms with Crippen molar-refractivity contribution in [1.29, 1.82) is 0 Å². The van der Waals surface area contributed by atoms with Crippen LogP contribution in [0.25, 0.3) is 11.5 Å².